The van der Waals surface area contributed by atoms with Crippen molar-refractivity contribution in [2.24, 2.45) is 0 Å². The lowest BCUT2D eigenvalue weighted by molar-refractivity contribution is 0.268. The predicted molar refractivity (Wildman–Crippen MR) is 108 cm³/mol. The highest BCUT2D eigenvalue weighted by Gasteiger charge is 2.09. The van der Waals surface area contributed by atoms with E-state index in [0.29, 0.717) is 32.3 Å². The molecule has 0 fully saturated rings. The molecule has 1 N–H and O–H groups in total. The first-order valence-electron chi connectivity index (χ1n) is 9.25. The van der Waals surface area contributed by atoms with Crippen LogP contribution in [0.2, 0.25) is 0 Å². The molecule has 7 nitrogen and oxygen atoms in total. The molecule has 0 bridgehead atoms. The molecular weight excluding hydrogens is 354 g/mol. The van der Waals surface area contributed by atoms with Gasteiger partial charge in [0.15, 0.2) is 11.5 Å². The maximum absolute atomic E-state index is 6.02. The van der Waals surface area contributed by atoms with Gasteiger partial charge in [-0.05, 0) is 53.1 Å². The third kappa shape index (κ3) is 4.88. The fourth-order valence-corrected chi connectivity index (χ4v) is 2.74. The van der Waals surface area contributed by atoms with E-state index in [4.69, 9.17) is 9.47 Å². The fraction of sp³-hybridized carbons (Fsp3) is 0.286. The average molecular weight is 379 g/mol. The van der Waals surface area contributed by atoms with Crippen molar-refractivity contribution in [3.8, 4) is 11.5 Å². The number of ether oxygens (including phenoxy) is 2. The van der Waals surface area contributed by atoms with E-state index in [2.05, 4.69) is 46.5 Å². The molecule has 0 aliphatic heterocycles. The zero-order valence-corrected chi connectivity index (χ0v) is 16.3. The summed E-state index contributed by atoms with van der Waals surface area (Å²) in [7, 11) is 0. The minimum absolute atomic E-state index is 0.501. The molecule has 0 amide bonds. The van der Waals surface area contributed by atoms with Crippen molar-refractivity contribution in [3.05, 3.63) is 71.8 Å². The van der Waals surface area contributed by atoms with Crippen LogP contribution in [0.4, 0.5) is 5.95 Å². The Labute approximate surface area is 165 Å². The summed E-state index contributed by atoms with van der Waals surface area (Å²) in [5.41, 5.74) is 3.41. The smallest absolute Gasteiger partial charge is 0.243 e. The van der Waals surface area contributed by atoms with Crippen LogP contribution in [0.1, 0.15) is 23.6 Å². The van der Waals surface area contributed by atoms with Gasteiger partial charge in [-0.25, -0.2) is 4.68 Å². The first-order chi connectivity index (χ1) is 13.7. The molecule has 2 aromatic carbocycles. The Balaban J connectivity index is 1.68. The Bertz CT molecular complexity index is 923. The number of nitrogens with zero attached hydrogens (tertiary/aromatic N) is 4. The molecular formula is C21H25N5O2. The quantitative estimate of drug-likeness (QED) is 0.541. The van der Waals surface area contributed by atoms with Gasteiger partial charge in [0, 0.05) is 6.54 Å². The van der Waals surface area contributed by atoms with E-state index in [-0.39, 0.29) is 0 Å². The number of rotatable bonds is 10. The van der Waals surface area contributed by atoms with Crippen molar-refractivity contribution in [3.63, 3.8) is 0 Å². The van der Waals surface area contributed by atoms with Gasteiger partial charge in [-0.3, -0.25) is 0 Å². The third-order valence-electron chi connectivity index (χ3n) is 4.24. The summed E-state index contributed by atoms with van der Waals surface area (Å²) in [6.07, 6.45) is 1.75. The summed E-state index contributed by atoms with van der Waals surface area (Å²) in [6, 6.07) is 14.1. The highest BCUT2D eigenvalue weighted by atomic mass is 16.5. The summed E-state index contributed by atoms with van der Waals surface area (Å²) in [6.45, 7) is 9.92. The van der Waals surface area contributed by atoms with Crippen molar-refractivity contribution in [2.75, 3.05) is 11.9 Å². The van der Waals surface area contributed by atoms with Gasteiger partial charge in [0.1, 0.15) is 6.61 Å². The number of hydrogen-bond acceptors (Lipinski definition) is 6. The van der Waals surface area contributed by atoms with Crippen molar-refractivity contribution in [2.45, 2.75) is 33.5 Å². The van der Waals surface area contributed by atoms with Gasteiger partial charge in [-0.15, -0.1) is 6.58 Å². The van der Waals surface area contributed by atoms with Crippen LogP contribution in [0.25, 0.3) is 0 Å². The second kappa shape index (κ2) is 9.55. The number of anilines is 1. The summed E-state index contributed by atoms with van der Waals surface area (Å²) in [4.78, 5) is 0. The number of aromatic nitrogens is 4. The van der Waals surface area contributed by atoms with Crippen LogP contribution in [-0.2, 0) is 19.7 Å². The van der Waals surface area contributed by atoms with E-state index in [0.717, 1.165) is 22.6 Å². The molecule has 0 spiro atoms. The minimum atomic E-state index is 0.501. The van der Waals surface area contributed by atoms with E-state index < -0.39 is 0 Å². The molecule has 0 aliphatic rings. The van der Waals surface area contributed by atoms with Crippen LogP contribution in [0.5, 0.6) is 11.5 Å². The number of hydrogen-bond donors (Lipinski definition) is 1. The van der Waals surface area contributed by atoms with E-state index in [1.54, 1.807) is 10.8 Å². The van der Waals surface area contributed by atoms with Crippen molar-refractivity contribution >= 4 is 5.95 Å². The van der Waals surface area contributed by atoms with E-state index in [1.165, 1.54) is 5.56 Å². The first-order valence-corrected chi connectivity index (χ1v) is 9.25. The van der Waals surface area contributed by atoms with Crippen LogP contribution in [-0.4, -0.2) is 26.8 Å². The van der Waals surface area contributed by atoms with Crippen LogP contribution >= 0.6 is 0 Å². The number of tetrazole rings is 1. The highest BCUT2D eigenvalue weighted by Crippen LogP contribution is 2.30. The second-order valence-corrected chi connectivity index (χ2v) is 6.26. The molecule has 0 aliphatic carbocycles. The van der Waals surface area contributed by atoms with Crippen molar-refractivity contribution in [1.82, 2.24) is 20.2 Å². The standard InChI is InChI=1S/C21H25N5O2/c1-4-12-26-21(23-24-25-26)22-14-17-10-11-19(20(13-17)27-5-2)28-15-18-9-7-6-8-16(18)3/h4,6-11,13H,1,5,12,14-15H2,2-3H3,(H,22,23,25). The molecule has 1 heterocycles. The number of benzene rings is 2. The van der Waals surface area contributed by atoms with E-state index in [9.17, 15) is 0 Å². The third-order valence-corrected chi connectivity index (χ3v) is 4.24. The Morgan fingerprint density at radius 1 is 1.14 bits per heavy atom. The normalized spacial score (nSPS) is 10.5. The zero-order valence-electron chi connectivity index (χ0n) is 16.3. The molecule has 0 saturated carbocycles. The van der Waals surface area contributed by atoms with Crippen molar-refractivity contribution in [1.29, 1.82) is 0 Å². The number of aryl methyl sites for hydroxylation is 1. The van der Waals surface area contributed by atoms with E-state index in [1.807, 2.05) is 37.3 Å². The summed E-state index contributed by atoms with van der Waals surface area (Å²) in [5.74, 6) is 2.05. The second-order valence-electron chi connectivity index (χ2n) is 6.26. The molecule has 0 unspecified atom stereocenters. The van der Waals surface area contributed by atoms with Gasteiger partial charge >= 0.3 is 0 Å². The van der Waals surface area contributed by atoms with Gasteiger partial charge in [0.2, 0.25) is 5.95 Å². The van der Waals surface area contributed by atoms with Crippen LogP contribution in [0.3, 0.4) is 0 Å². The Kier molecular flexibility index (Phi) is 6.62. The molecule has 0 saturated heterocycles. The predicted octanol–water partition coefficient (Wildman–Crippen LogP) is 3.76. The van der Waals surface area contributed by atoms with Gasteiger partial charge in [0.25, 0.3) is 0 Å². The molecule has 7 heteroatoms. The Morgan fingerprint density at radius 3 is 2.79 bits per heavy atom. The van der Waals surface area contributed by atoms with E-state index >= 15 is 0 Å². The van der Waals surface area contributed by atoms with Gasteiger partial charge in [-0.1, -0.05) is 41.5 Å². The van der Waals surface area contributed by atoms with Crippen molar-refractivity contribution < 1.29 is 9.47 Å². The molecule has 0 radical (unpaired) electrons. The zero-order chi connectivity index (χ0) is 19.8. The first kappa shape index (κ1) is 19.4. The summed E-state index contributed by atoms with van der Waals surface area (Å²) >= 11 is 0. The lowest BCUT2D eigenvalue weighted by Gasteiger charge is -2.14. The van der Waals surface area contributed by atoms with Gasteiger partial charge < -0.3 is 14.8 Å². The number of nitrogens with one attached hydrogen (secondary N) is 1. The maximum atomic E-state index is 6.02. The van der Waals surface area contributed by atoms with Crippen LogP contribution in [0, 0.1) is 6.92 Å². The Morgan fingerprint density at radius 2 is 2.00 bits per heavy atom. The molecule has 3 aromatic rings. The Hall–Kier alpha value is -3.35. The topological polar surface area (TPSA) is 74.1 Å². The lowest BCUT2D eigenvalue weighted by Crippen LogP contribution is -2.08. The average Bonchev–Trinajstić information content (AvgIpc) is 3.14. The summed E-state index contributed by atoms with van der Waals surface area (Å²) in [5, 5.41) is 14.8. The summed E-state index contributed by atoms with van der Waals surface area (Å²) < 4.78 is 13.5. The molecule has 146 valence electrons. The highest BCUT2D eigenvalue weighted by molar-refractivity contribution is 5.44. The van der Waals surface area contributed by atoms with Gasteiger partial charge in [-0.2, -0.15) is 0 Å². The minimum Gasteiger partial charge on any atom is -0.490 e. The molecule has 3 rings (SSSR count). The van der Waals surface area contributed by atoms with Gasteiger partial charge in [0.05, 0.1) is 13.2 Å². The monoisotopic (exact) mass is 379 g/mol. The number of allylic oxidation sites excluding steroid dienone is 1. The molecule has 1 aromatic heterocycles. The fourth-order valence-electron chi connectivity index (χ4n) is 2.74. The molecule has 0 atom stereocenters. The largest absolute Gasteiger partial charge is 0.490 e. The SMILES string of the molecule is C=CCn1nnnc1NCc1ccc(OCc2ccccc2C)c(OCC)c1. The molecule has 28 heavy (non-hydrogen) atoms. The van der Waals surface area contributed by atoms with Crippen LogP contribution < -0.4 is 14.8 Å². The maximum Gasteiger partial charge on any atom is 0.243 e. The van der Waals surface area contributed by atoms with Crippen LogP contribution in [0.15, 0.2) is 55.1 Å². The lowest BCUT2D eigenvalue weighted by atomic mass is 10.1.